The summed E-state index contributed by atoms with van der Waals surface area (Å²) in [6.45, 7) is 0. The van der Waals surface area contributed by atoms with Crippen molar-refractivity contribution in [2.45, 2.75) is 0 Å². The van der Waals surface area contributed by atoms with E-state index in [9.17, 15) is 9.90 Å². The largest absolute Gasteiger partial charge is 0.507 e. The smallest absolute Gasteiger partial charge is 0.336 e. The zero-order valence-corrected chi connectivity index (χ0v) is 10.9. The normalized spacial score (nSPS) is 10.2. The van der Waals surface area contributed by atoms with Crippen molar-refractivity contribution in [3.8, 4) is 16.9 Å². The molecule has 2 rings (SSSR count). The highest BCUT2D eigenvalue weighted by Gasteiger charge is 2.14. The van der Waals surface area contributed by atoms with Gasteiger partial charge in [0.15, 0.2) is 0 Å². The fraction of sp³-hybridized carbons (Fsp3) is 0. The summed E-state index contributed by atoms with van der Waals surface area (Å²) in [6, 6.07) is 11.9. The van der Waals surface area contributed by atoms with Gasteiger partial charge < -0.3 is 10.2 Å². The molecule has 0 aliphatic heterocycles. The van der Waals surface area contributed by atoms with E-state index in [0.29, 0.717) is 9.13 Å². The minimum atomic E-state index is -0.966. The van der Waals surface area contributed by atoms with Crippen LogP contribution in [0.3, 0.4) is 0 Å². The Kier molecular flexibility index (Phi) is 3.33. The SMILES string of the molecule is O=C(O)c1cccc(-c2ccccc2O)c1I. The number of hydrogen-bond donors (Lipinski definition) is 2. The molecule has 0 bridgehead atoms. The molecule has 2 aromatic carbocycles. The van der Waals surface area contributed by atoms with Crippen LogP contribution < -0.4 is 0 Å². The minimum Gasteiger partial charge on any atom is -0.507 e. The molecule has 3 nitrogen and oxygen atoms in total. The molecule has 0 heterocycles. The number of hydrogen-bond acceptors (Lipinski definition) is 2. The van der Waals surface area contributed by atoms with Gasteiger partial charge in [-0.25, -0.2) is 4.79 Å². The third-order valence-corrected chi connectivity index (χ3v) is 3.59. The van der Waals surface area contributed by atoms with Gasteiger partial charge in [0.25, 0.3) is 0 Å². The highest BCUT2D eigenvalue weighted by molar-refractivity contribution is 14.1. The summed E-state index contributed by atoms with van der Waals surface area (Å²) in [6.07, 6.45) is 0. The molecule has 0 unspecified atom stereocenters. The number of rotatable bonds is 2. The van der Waals surface area contributed by atoms with Crippen LogP contribution in [-0.4, -0.2) is 16.2 Å². The number of halogens is 1. The summed E-state index contributed by atoms with van der Waals surface area (Å²) >= 11 is 1.98. The van der Waals surface area contributed by atoms with Crippen LogP contribution in [0.4, 0.5) is 0 Å². The molecule has 0 aliphatic carbocycles. The maximum atomic E-state index is 11.0. The first-order valence-corrected chi connectivity index (χ1v) is 5.99. The quantitative estimate of drug-likeness (QED) is 0.825. The highest BCUT2D eigenvalue weighted by atomic mass is 127. The predicted molar refractivity (Wildman–Crippen MR) is 73.2 cm³/mol. The van der Waals surface area contributed by atoms with Crippen molar-refractivity contribution < 1.29 is 15.0 Å². The van der Waals surface area contributed by atoms with Crippen LogP contribution >= 0.6 is 22.6 Å². The van der Waals surface area contributed by atoms with Crippen LogP contribution in [0.15, 0.2) is 42.5 Å². The number of benzene rings is 2. The van der Waals surface area contributed by atoms with Crippen LogP contribution in [0.1, 0.15) is 10.4 Å². The lowest BCUT2D eigenvalue weighted by atomic mass is 10.0. The van der Waals surface area contributed by atoms with Crippen molar-refractivity contribution in [3.63, 3.8) is 0 Å². The fourth-order valence-corrected chi connectivity index (χ4v) is 2.49. The molecule has 17 heavy (non-hydrogen) atoms. The van der Waals surface area contributed by atoms with Crippen LogP contribution in [0.2, 0.25) is 0 Å². The van der Waals surface area contributed by atoms with Gasteiger partial charge in [0, 0.05) is 9.13 Å². The molecule has 0 spiro atoms. The number of carbonyl (C=O) groups is 1. The second-order valence-corrected chi connectivity index (χ2v) is 4.57. The van der Waals surface area contributed by atoms with E-state index in [0.717, 1.165) is 5.56 Å². The van der Waals surface area contributed by atoms with Gasteiger partial charge in [-0.15, -0.1) is 0 Å². The molecule has 0 saturated heterocycles. The van der Waals surface area contributed by atoms with Crippen LogP contribution in [0, 0.1) is 3.57 Å². The Hall–Kier alpha value is -1.56. The third kappa shape index (κ3) is 2.26. The van der Waals surface area contributed by atoms with Crippen molar-refractivity contribution in [1.29, 1.82) is 0 Å². The summed E-state index contributed by atoms with van der Waals surface area (Å²) in [4.78, 5) is 11.0. The van der Waals surface area contributed by atoms with Crippen molar-refractivity contribution in [1.82, 2.24) is 0 Å². The van der Waals surface area contributed by atoms with E-state index < -0.39 is 5.97 Å². The zero-order chi connectivity index (χ0) is 12.4. The standard InChI is InChI=1S/C13H9IO3/c14-12-9(5-3-6-10(12)13(16)17)8-4-1-2-7-11(8)15/h1-7,15H,(H,16,17). The van der Waals surface area contributed by atoms with Gasteiger partial charge in [-0.3, -0.25) is 0 Å². The van der Waals surface area contributed by atoms with Crippen LogP contribution in [-0.2, 0) is 0 Å². The second-order valence-electron chi connectivity index (χ2n) is 3.49. The van der Waals surface area contributed by atoms with Crippen molar-refractivity contribution >= 4 is 28.6 Å². The maximum absolute atomic E-state index is 11.0. The molecule has 0 radical (unpaired) electrons. The molecule has 4 heteroatoms. The van der Waals surface area contributed by atoms with E-state index >= 15 is 0 Å². The number of para-hydroxylation sites is 1. The van der Waals surface area contributed by atoms with Gasteiger partial charge in [0.2, 0.25) is 0 Å². The molecular formula is C13H9IO3. The van der Waals surface area contributed by atoms with E-state index in [1.807, 2.05) is 22.6 Å². The average Bonchev–Trinajstić information content (AvgIpc) is 2.30. The maximum Gasteiger partial charge on any atom is 0.336 e. The van der Waals surface area contributed by atoms with Gasteiger partial charge >= 0.3 is 5.97 Å². The molecule has 2 aromatic rings. The number of phenols is 1. The van der Waals surface area contributed by atoms with Gasteiger partial charge in [0.1, 0.15) is 5.75 Å². The van der Waals surface area contributed by atoms with Crippen LogP contribution in [0.5, 0.6) is 5.75 Å². The van der Waals surface area contributed by atoms with Gasteiger partial charge in [-0.05, 0) is 40.3 Å². The molecule has 0 amide bonds. The number of aromatic hydroxyl groups is 1. The Balaban J connectivity index is 2.65. The molecule has 86 valence electrons. The lowest BCUT2D eigenvalue weighted by Crippen LogP contribution is -2.00. The summed E-state index contributed by atoms with van der Waals surface area (Å²) in [7, 11) is 0. The molecular weight excluding hydrogens is 331 g/mol. The number of carboxylic acids is 1. The van der Waals surface area contributed by atoms with E-state index in [1.54, 1.807) is 42.5 Å². The van der Waals surface area contributed by atoms with E-state index in [2.05, 4.69) is 0 Å². The van der Waals surface area contributed by atoms with Crippen LogP contribution in [0.25, 0.3) is 11.1 Å². The predicted octanol–water partition coefficient (Wildman–Crippen LogP) is 3.36. The highest BCUT2D eigenvalue weighted by Crippen LogP contribution is 2.33. The van der Waals surface area contributed by atoms with Gasteiger partial charge in [-0.1, -0.05) is 30.3 Å². The molecule has 0 atom stereocenters. The second kappa shape index (κ2) is 4.75. The average molecular weight is 340 g/mol. The van der Waals surface area contributed by atoms with Crippen molar-refractivity contribution in [2.75, 3.05) is 0 Å². The molecule has 0 aliphatic rings. The van der Waals surface area contributed by atoms with E-state index in [-0.39, 0.29) is 11.3 Å². The molecule has 0 aromatic heterocycles. The lowest BCUT2D eigenvalue weighted by molar-refractivity contribution is 0.0696. The number of phenolic OH excluding ortho intramolecular Hbond substituents is 1. The molecule has 2 N–H and O–H groups in total. The van der Waals surface area contributed by atoms with Crippen molar-refractivity contribution in [3.05, 3.63) is 51.6 Å². The summed E-state index contributed by atoms with van der Waals surface area (Å²) < 4.78 is 0.624. The summed E-state index contributed by atoms with van der Waals surface area (Å²) in [5.41, 5.74) is 1.61. The fourth-order valence-electron chi connectivity index (χ4n) is 1.61. The summed E-state index contributed by atoms with van der Waals surface area (Å²) in [5.74, 6) is -0.820. The van der Waals surface area contributed by atoms with Crippen molar-refractivity contribution in [2.24, 2.45) is 0 Å². The summed E-state index contributed by atoms with van der Waals surface area (Å²) in [5, 5.41) is 18.8. The Morgan fingerprint density at radius 2 is 1.65 bits per heavy atom. The Bertz CT molecular complexity index is 579. The Labute approximate surface area is 112 Å². The number of aromatic carboxylic acids is 1. The Morgan fingerprint density at radius 3 is 2.29 bits per heavy atom. The van der Waals surface area contributed by atoms with Gasteiger partial charge in [-0.2, -0.15) is 0 Å². The first-order valence-electron chi connectivity index (χ1n) is 4.91. The first kappa shape index (κ1) is 11.9. The lowest BCUT2D eigenvalue weighted by Gasteiger charge is -2.08. The molecule has 0 saturated carbocycles. The van der Waals surface area contributed by atoms with E-state index in [4.69, 9.17) is 5.11 Å². The van der Waals surface area contributed by atoms with Gasteiger partial charge in [0.05, 0.1) is 5.56 Å². The molecule has 0 fully saturated rings. The third-order valence-electron chi connectivity index (χ3n) is 2.42. The topological polar surface area (TPSA) is 57.5 Å². The number of carboxylic acid groups (broad SMARTS) is 1. The first-order chi connectivity index (χ1) is 8.11. The monoisotopic (exact) mass is 340 g/mol. The van der Waals surface area contributed by atoms with E-state index in [1.165, 1.54) is 0 Å². The minimum absolute atomic E-state index is 0.146. The Morgan fingerprint density at radius 1 is 1.00 bits per heavy atom. The zero-order valence-electron chi connectivity index (χ0n) is 8.72.